The van der Waals surface area contributed by atoms with E-state index in [1.54, 1.807) is 18.3 Å². The molecular weight excluding hydrogens is 366 g/mol. The van der Waals surface area contributed by atoms with Gasteiger partial charge >= 0.3 is 0 Å². The smallest absolute Gasteiger partial charge is 0.275 e. The van der Waals surface area contributed by atoms with E-state index < -0.39 is 0 Å². The number of nitrogens with zero attached hydrogens (tertiary/aromatic N) is 5. The molecule has 0 atom stereocenters. The fraction of sp³-hybridized carbons (Fsp3) is 0.364. The quantitative estimate of drug-likeness (QED) is 0.683. The Morgan fingerprint density at radius 3 is 2.34 bits per heavy atom. The second kappa shape index (κ2) is 8.03. The first-order valence-corrected chi connectivity index (χ1v) is 9.99. The Bertz CT molecular complexity index is 1070. The number of aromatic nitrogens is 3. The Morgan fingerprint density at radius 1 is 1.00 bits per heavy atom. The Hall–Kier alpha value is -3.22. The summed E-state index contributed by atoms with van der Waals surface area (Å²) < 4.78 is 1.43. The second-order valence-electron chi connectivity index (χ2n) is 7.74. The third-order valence-corrected chi connectivity index (χ3v) is 5.15. The number of fused-ring (bicyclic) bond motifs is 1. The van der Waals surface area contributed by atoms with Crippen molar-refractivity contribution in [2.24, 2.45) is 5.92 Å². The van der Waals surface area contributed by atoms with Crippen molar-refractivity contribution in [1.82, 2.24) is 19.7 Å². The summed E-state index contributed by atoms with van der Waals surface area (Å²) in [5.74, 6) is 1.05. The zero-order chi connectivity index (χ0) is 20.4. The van der Waals surface area contributed by atoms with Gasteiger partial charge in [-0.15, -0.1) is 0 Å². The minimum Gasteiger partial charge on any atom is -0.353 e. The summed E-state index contributed by atoms with van der Waals surface area (Å²) in [6.07, 6.45) is 1.78. The number of carbonyl (C=O) groups excluding carboxylic acids is 1. The molecular formula is C22H25N5O2. The van der Waals surface area contributed by atoms with Crippen LogP contribution >= 0.6 is 0 Å². The highest BCUT2D eigenvalue weighted by Crippen LogP contribution is 2.18. The third kappa shape index (κ3) is 3.85. The Labute approximate surface area is 169 Å². The van der Waals surface area contributed by atoms with E-state index in [1.165, 1.54) is 4.68 Å². The lowest BCUT2D eigenvalue weighted by molar-refractivity contribution is 0.0739. The summed E-state index contributed by atoms with van der Waals surface area (Å²) in [7, 11) is 0. The molecule has 4 rings (SSSR count). The lowest BCUT2D eigenvalue weighted by atomic mass is 10.1. The number of amides is 1. The molecule has 29 heavy (non-hydrogen) atoms. The number of rotatable bonds is 4. The van der Waals surface area contributed by atoms with Gasteiger partial charge in [0.15, 0.2) is 5.69 Å². The summed E-state index contributed by atoms with van der Waals surface area (Å²) in [5, 5.41) is 5.64. The molecule has 3 aromatic rings. The van der Waals surface area contributed by atoms with Gasteiger partial charge in [-0.25, -0.2) is 9.67 Å². The van der Waals surface area contributed by atoms with Crippen molar-refractivity contribution in [2.45, 2.75) is 20.4 Å². The summed E-state index contributed by atoms with van der Waals surface area (Å²) >= 11 is 0. The van der Waals surface area contributed by atoms with E-state index in [2.05, 4.69) is 15.0 Å². The van der Waals surface area contributed by atoms with E-state index in [0.29, 0.717) is 49.2 Å². The minimum absolute atomic E-state index is 0.126. The van der Waals surface area contributed by atoms with Crippen LogP contribution < -0.4 is 10.5 Å². The Balaban J connectivity index is 1.62. The molecule has 2 aromatic heterocycles. The van der Waals surface area contributed by atoms with Crippen LogP contribution in [-0.2, 0) is 6.54 Å². The molecule has 0 radical (unpaired) electrons. The normalized spacial score (nSPS) is 14.6. The number of piperazine rings is 1. The molecule has 0 spiro atoms. The van der Waals surface area contributed by atoms with Crippen LogP contribution in [0.3, 0.4) is 0 Å². The van der Waals surface area contributed by atoms with Gasteiger partial charge in [0.1, 0.15) is 5.82 Å². The zero-order valence-corrected chi connectivity index (χ0v) is 16.8. The van der Waals surface area contributed by atoms with Crippen LogP contribution in [0.4, 0.5) is 5.82 Å². The molecule has 0 saturated carbocycles. The molecule has 0 aliphatic carbocycles. The lowest BCUT2D eigenvalue weighted by Crippen LogP contribution is -2.49. The van der Waals surface area contributed by atoms with Crippen LogP contribution in [0.1, 0.15) is 24.3 Å². The van der Waals surface area contributed by atoms with Crippen LogP contribution in [-0.4, -0.2) is 51.8 Å². The largest absolute Gasteiger partial charge is 0.353 e. The van der Waals surface area contributed by atoms with E-state index in [1.807, 2.05) is 49.1 Å². The molecule has 7 heteroatoms. The fourth-order valence-corrected chi connectivity index (χ4v) is 3.69. The first-order valence-electron chi connectivity index (χ1n) is 9.99. The fourth-order valence-electron chi connectivity index (χ4n) is 3.69. The van der Waals surface area contributed by atoms with Gasteiger partial charge in [0, 0.05) is 44.3 Å². The average Bonchev–Trinajstić information content (AvgIpc) is 2.76. The second-order valence-corrected chi connectivity index (χ2v) is 7.74. The molecule has 0 unspecified atom stereocenters. The first-order chi connectivity index (χ1) is 14.0. The third-order valence-electron chi connectivity index (χ3n) is 5.15. The maximum Gasteiger partial charge on any atom is 0.275 e. The van der Waals surface area contributed by atoms with Crippen molar-refractivity contribution < 1.29 is 4.79 Å². The monoisotopic (exact) mass is 391 g/mol. The summed E-state index contributed by atoms with van der Waals surface area (Å²) in [6, 6.07) is 13.1. The predicted octanol–water partition coefficient (Wildman–Crippen LogP) is 2.41. The number of pyridine rings is 1. The Morgan fingerprint density at radius 2 is 1.69 bits per heavy atom. The van der Waals surface area contributed by atoms with Gasteiger partial charge < -0.3 is 9.80 Å². The van der Waals surface area contributed by atoms with Gasteiger partial charge in [0.05, 0.1) is 5.39 Å². The molecule has 1 saturated heterocycles. The first kappa shape index (κ1) is 19.1. The summed E-state index contributed by atoms with van der Waals surface area (Å²) in [5.41, 5.74) is 0.206. The average molecular weight is 391 g/mol. The van der Waals surface area contributed by atoms with Crippen LogP contribution in [0.25, 0.3) is 10.8 Å². The molecule has 1 aliphatic rings. The number of carbonyl (C=O) groups is 1. The van der Waals surface area contributed by atoms with Crippen molar-refractivity contribution in [3.05, 3.63) is 64.7 Å². The predicted molar refractivity (Wildman–Crippen MR) is 113 cm³/mol. The van der Waals surface area contributed by atoms with Crippen LogP contribution in [0.15, 0.2) is 53.5 Å². The maximum absolute atomic E-state index is 13.3. The standard InChI is InChI=1S/C22H25N5O2/c1-16(2)15-27-21(28)18-8-4-3-7-17(18)20(24-27)22(29)26-13-11-25(12-14-26)19-9-5-6-10-23-19/h3-10,16H,11-15H2,1-2H3. The van der Waals surface area contributed by atoms with E-state index in [4.69, 9.17) is 0 Å². The van der Waals surface area contributed by atoms with Gasteiger partial charge in [-0.3, -0.25) is 9.59 Å². The number of benzene rings is 1. The van der Waals surface area contributed by atoms with E-state index >= 15 is 0 Å². The highest BCUT2D eigenvalue weighted by atomic mass is 16.2. The van der Waals surface area contributed by atoms with Crippen LogP contribution in [0, 0.1) is 5.92 Å². The minimum atomic E-state index is -0.147. The maximum atomic E-state index is 13.3. The highest BCUT2D eigenvalue weighted by Gasteiger charge is 2.26. The van der Waals surface area contributed by atoms with E-state index in [-0.39, 0.29) is 17.4 Å². The van der Waals surface area contributed by atoms with Gasteiger partial charge in [0.25, 0.3) is 11.5 Å². The van der Waals surface area contributed by atoms with Crippen molar-refractivity contribution >= 4 is 22.5 Å². The molecule has 3 heterocycles. The van der Waals surface area contributed by atoms with Gasteiger partial charge in [0.2, 0.25) is 0 Å². The van der Waals surface area contributed by atoms with Crippen molar-refractivity contribution in [3.63, 3.8) is 0 Å². The summed E-state index contributed by atoms with van der Waals surface area (Å²) in [6.45, 7) is 7.16. The molecule has 1 aromatic carbocycles. The van der Waals surface area contributed by atoms with Gasteiger partial charge in [-0.05, 0) is 24.1 Å². The van der Waals surface area contributed by atoms with Crippen molar-refractivity contribution in [3.8, 4) is 0 Å². The topological polar surface area (TPSA) is 71.3 Å². The van der Waals surface area contributed by atoms with Gasteiger partial charge in [-0.1, -0.05) is 38.1 Å². The molecule has 150 valence electrons. The zero-order valence-electron chi connectivity index (χ0n) is 16.8. The van der Waals surface area contributed by atoms with E-state index in [0.717, 1.165) is 5.82 Å². The lowest BCUT2D eigenvalue weighted by Gasteiger charge is -2.35. The van der Waals surface area contributed by atoms with Crippen molar-refractivity contribution in [2.75, 3.05) is 31.1 Å². The molecule has 1 fully saturated rings. The Kier molecular flexibility index (Phi) is 5.29. The molecule has 1 amide bonds. The highest BCUT2D eigenvalue weighted by molar-refractivity contribution is 6.04. The summed E-state index contributed by atoms with van der Waals surface area (Å²) in [4.78, 5) is 34.5. The number of hydrogen-bond donors (Lipinski definition) is 0. The van der Waals surface area contributed by atoms with E-state index in [9.17, 15) is 9.59 Å². The molecule has 0 bridgehead atoms. The molecule has 7 nitrogen and oxygen atoms in total. The van der Waals surface area contributed by atoms with Crippen LogP contribution in [0.5, 0.6) is 0 Å². The number of hydrogen-bond acceptors (Lipinski definition) is 5. The number of anilines is 1. The van der Waals surface area contributed by atoms with Crippen molar-refractivity contribution in [1.29, 1.82) is 0 Å². The van der Waals surface area contributed by atoms with Crippen LogP contribution in [0.2, 0.25) is 0 Å². The SMILES string of the molecule is CC(C)Cn1nc(C(=O)N2CCN(c3ccccn3)CC2)c2ccccc2c1=O. The molecule has 1 aliphatic heterocycles. The molecule has 0 N–H and O–H groups in total. The van der Waals surface area contributed by atoms with Gasteiger partial charge in [-0.2, -0.15) is 5.10 Å².